The van der Waals surface area contributed by atoms with Crippen LogP contribution in [0.25, 0.3) is 0 Å². The van der Waals surface area contributed by atoms with Gasteiger partial charge in [-0.3, -0.25) is 14.5 Å². The first-order valence-corrected chi connectivity index (χ1v) is 11.1. The van der Waals surface area contributed by atoms with E-state index in [1.807, 2.05) is 0 Å². The molecule has 2 N–H and O–H groups in total. The van der Waals surface area contributed by atoms with Gasteiger partial charge in [0.15, 0.2) is 6.61 Å². The number of fused-ring (bicyclic) bond motifs is 3. The van der Waals surface area contributed by atoms with Crippen molar-refractivity contribution in [1.29, 1.82) is 0 Å². The minimum Gasteiger partial charge on any atom is -0.493 e. The second-order valence-corrected chi connectivity index (χ2v) is 8.54. The largest absolute Gasteiger partial charge is 0.493 e. The summed E-state index contributed by atoms with van der Waals surface area (Å²) >= 11 is 6.35. The monoisotopic (exact) mass is 511 g/mol. The zero-order valence-electron chi connectivity index (χ0n) is 18.4. The number of carbonyl (C=O) groups excluding carboxylic acids is 1. The van der Waals surface area contributed by atoms with Crippen molar-refractivity contribution in [1.82, 2.24) is 0 Å². The maximum Gasteiger partial charge on any atom is 0.422 e. The number of aliphatic hydroxyl groups excluding tert-OH is 1. The van der Waals surface area contributed by atoms with Crippen molar-refractivity contribution in [2.75, 3.05) is 18.1 Å². The van der Waals surface area contributed by atoms with Crippen molar-refractivity contribution < 1.29 is 42.4 Å². The van der Waals surface area contributed by atoms with Gasteiger partial charge in [-0.15, -0.1) is 0 Å². The molecule has 1 heterocycles. The Morgan fingerprint density at radius 3 is 2.63 bits per heavy atom. The van der Waals surface area contributed by atoms with Crippen LogP contribution in [0.15, 0.2) is 65.2 Å². The lowest BCUT2D eigenvalue weighted by Crippen LogP contribution is -2.39. The van der Waals surface area contributed by atoms with Crippen LogP contribution < -0.4 is 4.90 Å². The number of nitrogens with zero attached hydrogens (tertiary/aromatic N) is 1. The number of allylic oxidation sites excluding steroid dienone is 5. The molecule has 35 heavy (non-hydrogen) atoms. The van der Waals surface area contributed by atoms with E-state index < -0.39 is 42.7 Å². The molecule has 11 heteroatoms. The third kappa shape index (κ3) is 4.81. The number of hydrogen-bond acceptors (Lipinski definition) is 5. The summed E-state index contributed by atoms with van der Waals surface area (Å²) in [4.78, 5) is 25.6. The number of alkyl halides is 3. The van der Waals surface area contributed by atoms with Gasteiger partial charge in [-0.25, -0.2) is 0 Å². The third-order valence-electron chi connectivity index (χ3n) is 5.83. The number of amides is 1. The van der Waals surface area contributed by atoms with E-state index in [0.717, 1.165) is 4.90 Å². The highest BCUT2D eigenvalue weighted by Gasteiger charge is 2.54. The molecule has 0 radical (unpaired) electrons. The zero-order chi connectivity index (χ0) is 25.5. The van der Waals surface area contributed by atoms with Crippen molar-refractivity contribution >= 4 is 29.2 Å². The van der Waals surface area contributed by atoms with Crippen LogP contribution >= 0.6 is 11.6 Å². The maximum absolute atomic E-state index is 13.5. The van der Waals surface area contributed by atoms with Crippen LogP contribution in [0, 0.1) is 11.8 Å². The third-order valence-corrected chi connectivity index (χ3v) is 6.14. The number of aliphatic carboxylic acids is 1. The highest BCUT2D eigenvalue weighted by atomic mass is 35.5. The SMILES string of the molecule is CCOC1=C2C(=O)N(c3ccc(CC(=O)O)cc3Cl)C(O)C2C2C(=C1)C=CC=C2OCC(F)(F)F. The molecule has 1 amide bonds. The highest BCUT2D eigenvalue weighted by molar-refractivity contribution is 6.34. The molecule has 0 saturated carbocycles. The summed E-state index contributed by atoms with van der Waals surface area (Å²) in [5.74, 6) is -3.38. The highest BCUT2D eigenvalue weighted by Crippen LogP contribution is 2.50. The lowest BCUT2D eigenvalue weighted by atomic mass is 9.74. The molecular formula is C24H21ClF3NO6. The number of carboxylic acids is 1. The first kappa shape index (κ1) is 24.9. The molecule has 2 aliphatic carbocycles. The van der Waals surface area contributed by atoms with Crippen LogP contribution in [0.3, 0.4) is 0 Å². The van der Waals surface area contributed by atoms with Gasteiger partial charge in [0.2, 0.25) is 0 Å². The summed E-state index contributed by atoms with van der Waals surface area (Å²) < 4.78 is 49.3. The topological polar surface area (TPSA) is 96.3 Å². The van der Waals surface area contributed by atoms with Crippen LogP contribution in [-0.2, 0) is 25.5 Å². The molecule has 1 fully saturated rings. The predicted octanol–water partition coefficient (Wildman–Crippen LogP) is 4.13. The average Bonchev–Trinajstić information content (AvgIpc) is 3.02. The molecular weight excluding hydrogens is 491 g/mol. The minimum absolute atomic E-state index is 0.0363. The van der Waals surface area contributed by atoms with Crippen LogP contribution in [-0.4, -0.2) is 47.7 Å². The molecule has 1 aliphatic heterocycles. The van der Waals surface area contributed by atoms with Gasteiger partial charge in [0.1, 0.15) is 17.7 Å². The van der Waals surface area contributed by atoms with Crippen LogP contribution in [0.1, 0.15) is 12.5 Å². The molecule has 0 spiro atoms. The van der Waals surface area contributed by atoms with Gasteiger partial charge in [-0.1, -0.05) is 29.8 Å². The van der Waals surface area contributed by atoms with Crippen LogP contribution in [0.4, 0.5) is 18.9 Å². The maximum atomic E-state index is 13.5. The number of hydrogen-bond donors (Lipinski definition) is 2. The Kier molecular flexibility index (Phi) is 6.70. The predicted molar refractivity (Wildman–Crippen MR) is 119 cm³/mol. The van der Waals surface area contributed by atoms with Gasteiger partial charge >= 0.3 is 12.1 Å². The van der Waals surface area contributed by atoms with E-state index in [-0.39, 0.29) is 40.8 Å². The molecule has 0 aromatic heterocycles. The Bertz CT molecular complexity index is 1190. The first-order chi connectivity index (χ1) is 16.5. The summed E-state index contributed by atoms with van der Waals surface area (Å²) in [6.07, 6.45) is -0.233. The number of anilines is 1. The molecule has 186 valence electrons. The van der Waals surface area contributed by atoms with Crippen molar-refractivity contribution in [2.45, 2.75) is 25.7 Å². The first-order valence-electron chi connectivity index (χ1n) is 10.7. The Morgan fingerprint density at radius 2 is 2.00 bits per heavy atom. The molecule has 7 nitrogen and oxygen atoms in total. The van der Waals surface area contributed by atoms with Crippen molar-refractivity contribution in [3.05, 3.63) is 75.8 Å². The molecule has 3 aliphatic rings. The molecule has 1 saturated heterocycles. The summed E-state index contributed by atoms with van der Waals surface area (Å²) in [5, 5.41) is 20.4. The Balaban J connectivity index is 1.75. The van der Waals surface area contributed by atoms with E-state index in [9.17, 15) is 27.9 Å². The zero-order valence-corrected chi connectivity index (χ0v) is 19.1. The molecule has 4 rings (SSSR count). The lowest BCUT2D eigenvalue weighted by Gasteiger charge is -2.35. The van der Waals surface area contributed by atoms with E-state index >= 15 is 0 Å². The van der Waals surface area contributed by atoms with Gasteiger partial charge in [-0.05, 0) is 42.3 Å². The molecule has 3 unspecified atom stereocenters. The quantitative estimate of drug-likeness (QED) is 0.571. The summed E-state index contributed by atoms with van der Waals surface area (Å²) in [5.41, 5.74) is 1.14. The second-order valence-electron chi connectivity index (χ2n) is 8.14. The molecule has 3 atom stereocenters. The number of halogens is 4. The van der Waals surface area contributed by atoms with Crippen LogP contribution in [0.2, 0.25) is 5.02 Å². The fourth-order valence-electron chi connectivity index (χ4n) is 4.55. The van der Waals surface area contributed by atoms with E-state index in [4.69, 9.17) is 26.2 Å². The van der Waals surface area contributed by atoms with Crippen LogP contribution in [0.5, 0.6) is 0 Å². The summed E-state index contributed by atoms with van der Waals surface area (Å²) in [6, 6.07) is 4.28. The van der Waals surface area contributed by atoms with E-state index in [1.165, 1.54) is 30.4 Å². The Morgan fingerprint density at radius 1 is 1.26 bits per heavy atom. The number of ether oxygens (including phenoxy) is 2. The van der Waals surface area contributed by atoms with Gasteiger partial charge < -0.3 is 19.7 Å². The fraction of sp³-hybridized carbons (Fsp3) is 0.333. The number of rotatable bonds is 7. The average molecular weight is 512 g/mol. The smallest absolute Gasteiger partial charge is 0.422 e. The van der Waals surface area contributed by atoms with E-state index in [1.54, 1.807) is 19.1 Å². The number of benzene rings is 1. The Labute approximate surface area is 203 Å². The fourth-order valence-corrected chi connectivity index (χ4v) is 4.84. The number of carbonyl (C=O) groups is 2. The number of carboxylic acid groups (broad SMARTS) is 1. The molecule has 0 bridgehead atoms. The number of aliphatic hydroxyl groups is 1. The van der Waals surface area contributed by atoms with Crippen molar-refractivity contribution in [3.63, 3.8) is 0 Å². The Hall–Kier alpha value is -3.24. The van der Waals surface area contributed by atoms with Crippen molar-refractivity contribution in [3.8, 4) is 0 Å². The normalized spacial score (nSPS) is 23.5. The molecule has 1 aromatic rings. The van der Waals surface area contributed by atoms with Gasteiger partial charge in [0.05, 0.1) is 41.1 Å². The summed E-state index contributed by atoms with van der Waals surface area (Å²) in [6.45, 7) is 0.406. The van der Waals surface area contributed by atoms with E-state index in [2.05, 4.69) is 0 Å². The van der Waals surface area contributed by atoms with Gasteiger partial charge in [-0.2, -0.15) is 13.2 Å². The molecule has 1 aromatic carbocycles. The summed E-state index contributed by atoms with van der Waals surface area (Å²) in [7, 11) is 0. The standard InChI is InChI=1S/C24H21ClF3NO6/c1-2-34-17-10-13-4-3-5-16(35-11-24(26,27)28)19(13)21-20(17)22(32)29(23(21)33)15-7-6-12(8-14(15)25)9-18(30)31/h3-8,10,19,21,23,33H,2,9,11H2,1H3,(H,30,31). The minimum atomic E-state index is -4.57. The van der Waals surface area contributed by atoms with Gasteiger partial charge in [0, 0.05) is 0 Å². The second kappa shape index (κ2) is 9.43. The van der Waals surface area contributed by atoms with Gasteiger partial charge in [0.25, 0.3) is 5.91 Å². The van der Waals surface area contributed by atoms with E-state index in [0.29, 0.717) is 11.1 Å². The van der Waals surface area contributed by atoms with Crippen molar-refractivity contribution in [2.24, 2.45) is 11.8 Å². The lowest BCUT2D eigenvalue weighted by molar-refractivity contribution is -0.167.